The van der Waals surface area contributed by atoms with Gasteiger partial charge in [0.25, 0.3) is 0 Å². The maximum Gasteiger partial charge on any atom is 0.161 e. The van der Waals surface area contributed by atoms with Gasteiger partial charge in [-0.25, -0.2) is 0 Å². The van der Waals surface area contributed by atoms with E-state index in [1.54, 1.807) is 14.2 Å². The number of rotatable bonds is 8. The zero-order valence-corrected chi connectivity index (χ0v) is 12.5. The molecule has 0 radical (unpaired) electrons. The van der Waals surface area contributed by atoms with Crippen molar-refractivity contribution in [1.82, 2.24) is 5.32 Å². The minimum Gasteiger partial charge on any atom is -0.493 e. The molecule has 1 aromatic carbocycles. The van der Waals surface area contributed by atoms with E-state index >= 15 is 0 Å². The minimum atomic E-state index is 0.227. The predicted molar refractivity (Wildman–Crippen MR) is 78.7 cm³/mol. The lowest BCUT2D eigenvalue weighted by Crippen LogP contribution is -2.31. The minimum absolute atomic E-state index is 0.227. The molecule has 0 atom stereocenters. The number of nitrogens with one attached hydrogen (secondary N) is 1. The first kappa shape index (κ1) is 15.8. The lowest BCUT2D eigenvalue weighted by Gasteiger charge is -2.24. The Morgan fingerprint density at radius 2 is 1.84 bits per heavy atom. The van der Waals surface area contributed by atoms with Gasteiger partial charge in [0.2, 0.25) is 0 Å². The molecule has 1 rings (SSSR count). The van der Waals surface area contributed by atoms with Crippen molar-refractivity contribution >= 4 is 0 Å². The first-order chi connectivity index (χ1) is 9.02. The molecular formula is C15H26N2O2. The molecule has 0 saturated heterocycles. The number of methoxy groups -OCH3 is 2. The first-order valence-corrected chi connectivity index (χ1v) is 6.64. The predicted octanol–water partition coefficient (Wildman–Crippen LogP) is 2.17. The molecule has 0 heterocycles. The summed E-state index contributed by atoms with van der Waals surface area (Å²) in [5.41, 5.74) is 7.02. The molecule has 0 unspecified atom stereocenters. The third-order valence-electron chi connectivity index (χ3n) is 3.20. The molecule has 3 N–H and O–H groups in total. The Balaban J connectivity index is 2.54. The van der Waals surface area contributed by atoms with E-state index in [0.717, 1.165) is 37.6 Å². The highest BCUT2D eigenvalue weighted by Gasteiger charge is 2.15. The summed E-state index contributed by atoms with van der Waals surface area (Å²) in [4.78, 5) is 0. The normalized spacial score (nSPS) is 11.4. The molecule has 0 amide bonds. The van der Waals surface area contributed by atoms with Crippen LogP contribution in [0.3, 0.4) is 0 Å². The molecule has 0 saturated carbocycles. The Bertz CT molecular complexity index is 392. The summed E-state index contributed by atoms with van der Waals surface area (Å²) in [6.07, 6.45) is 1.02. The molecule has 19 heavy (non-hydrogen) atoms. The number of hydrogen-bond donors (Lipinski definition) is 2. The third kappa shape index (κ3) is 5.09. The van der Waals surface area contributed by atoms with Crippen LogP contribution in [0, 0.1) is 5.41 Å². The molecule has 0 spiro atoms. The van der Waals surface area contributed by atoms with Gasteiger partial charge in [-0.2, -0.15) is 0 Å². The largest absolute Gasteiger partial charge is 0.493 e. The number of ether oxygens (including phenoxy) is 2. The highest BCUT2D eigenvalue weighted by Crippen LogP contribution is 2.27. The molecule has 0 aliphatic rings. The van der Waals surface area contributed by atoms with Crippen LogP contribution >= 0.6 is 0 Å². The lowest BCUT2D eigenvalue weighted by molar-refractivity contribution is 0.318. The summed E-state index contributed by atoms with van der Waals surface area (Å²) in [5, 5.41) is 3.46. The van der Waals surface area contributed by atoms with Crippen LogP contribution in [-0.2, 0) is 6.54 Å². The SMILES string of the molecule is COc1ccc(CNCC(C)(C)CCN)cc1OC. The van der Waals surface area contributed by atoms with Gasteiger partial charge < -0.3 is 20.5 Å². The van der Waals surface area contributed by atoms with Crippen molar-refractivity contribution in [3.05, 3.63) is 23.8 Å². The summed E-state index contributed by atoms with van der Waals surface area (Å²) < 4.78 is 10.5. The smallest absolute Gasteiger partial charge is 0.161 e. The second-order valence-electron chi connectivity index (χ2n) is 5.50. The van der Waals surface area contributed by atoms with Crippen molar-refractivity contribution in [3.63, 3.8) is 0 Å². The second kappa shape index (κ2) is 7.36. The van der Waals surface area contributed by atoms with E-state index in [0.29, 0.717) is 0 Å². The van der Waals surface area contributed by atoms with Gasteiger partial charge in [-0.1, -0.05) is 19.9 Å². The molecule has 0 fully saturated rings. The average Bonchev–Trinajstić information content (AvgIpc) is 2.38. The number of hydrogen-bond acceptors (Lipinski definition) is 4. The molecule has 4 nitrogen and oxygen atoms in total. The van der Waals surface area contributed by atoms with E-state index in [1.165, 1.54) is 5.56 Å². The molecule has 0 bridgehead atoms. The van der Waals surface area contributed by atoms with E-state index < -0.39 is 0 Å². The van der Waals surface area contributed by atoms with Gasteiger partial charge in [-0.15, -0.1) is 0 Å². The summed E-state index contributed by atoms with van der Waals surface area (Å²) in [6.45, 7) is 6.93. The van der Waals surface area contributed by atoms with Crippen LogP contribution in [0.4, 0.5) is 0 Å². The summed E-state index contributed by atoms with van der Waals surface area (Å²) in [7, 11) is 3.30. The van der Waals surface area contributed by atoms with Gasteiger partial charge in [-0.3, -0.25) is 0 Å². The summed E-state index contributed by atoms with van der Waals surface area (Å²) in [6, 6.07) is 5.98. The molecule has 0 aliphatic carbocycles. The van der Waals surface area contributed by atoms with Crippen molar-refractivity contribution in [3.8, 4) is 11.5 Å². The van der Waals surface area contributed by atoms with Crippen LogP contribution in [0.2, 0.25) is 0 Å². The molecule has 0 aliphatic heterocycles. The van der Waals surface area contributed by atoms with Crippen LogP contribution in [0.25, 0.3) is 0 Å². The van der Waals surface area contributed by atoms with Gasteiger partial charge in [0, 0.05) is 13.1 Å². The van der Waals surface area contributed by atoms with Crippen LogP contribution in [-0.4, -0.2) is 27.3 Å². The Kier molecular flexibility index (Phi) is 6.12. The Hall–Kier alpha value is -1.26. The maximum atomic E-state index is 5.61. The first-order valence-electron chi connectivity index (χ1n) is 6.64. The fraction of sp³-hybridized carbons (Fsp3) is 0.600. The van der Waals surface area contributed by atoms with Crippen molar-refractivity contribution in [2.24, 2.45) is 11.1 Å². The maximum absolute atomic E-state index is 5.61. The van der Waals surface area contributed by atoms with Gasteiger partial charge in [-0.05, 0) is 36.1 Å². The zero-order chi connectivity index (χ0) is 14.3. The lowest BCUT2D eigenvalue weighted by atomic mass is 9.89. The van der Waals surface area contributed by atoms with E-state index in [4.69, 9.17) is 15.2 Å². The van der Waals surface area contributed by atoms with E-state index in [2.05, 4.69) is 19.2 Å². The second-order valence-corrected chi connectivity index (χ2v) is 5.50. The molecule has 0 aromatic heterocycles. The van der Waals surface area contributed by atoms with E-state index in [9.17, 15) is 0 Å². The zero-order valence-electron chi connectivity index (χ0n) is 12.5. The fourth-order valence-electron chi connectivity index (χ4n) is 2.01. The van der Waals surface area contributed by atoms with Gasteiger partial charge in [0.1, 0.15) is 0 Å². The highest BCUT2D eigenvalue weighted by molar-refractivity contribution is 5.42. The van der Waals surface area contributed by atoms with Crippen LogP contribution < -0.4 is 20.5 Å². The number of benzene rings is 1. The third-order valence-corrected chi connectivity index (χ3v) is 3.20. The van der Waals surface area contributed by atoms with E-state index in [-0.39, 0.29) is 5.41 Å². The Morgan fingerprint density at radius 3 is 2.42 bits per heavy atom. The van der Waals surface area contributed by atoms with Crippen molar-refractivity contribution in [2.75, 3.05) is 27.3 Å². The quantitative estimate of drug-likeness (QED) is 0.757. The van der Waals surface area contributed by atoms with Crippen LogP contribution in [0.15, 0.2) is 18.2 Å². The summed E-state index contributed by atoms with van der Waals surface area (Å²) in [5.74, 6) is 1.53. The van der Waals surface area contributed by atoms with Crippen molar-refractivity contribution in [1.29, 1.82) is 0 Å². The van der Waals surface area contributed by atoms with Gasteiger partial charge in [0.05, 0.1) is 14.2 Å². The molecular weight excluding hydrogens is 240 g/mol. The Morgan fingerprint density at radius 1 is 1.16 bits per heavy atom. The highest BCUT2D eigenvalue weighted by atomic mass is 16.5. The van der Waals surface area contributed by atoms with E-state index in [1.807, 2.05) is 18.2 Å². The topological polar surface area (TPSA) is 56.5 Å². The number of nitrogens with two attached hydrogens (primary N) is 1. The summed E-state index contributed by atoms with van der Waals surface area (Å²) >= 11 is 0. The van der Waals surface area contributed by atoms with Crippen LogP contribution in [0.1, 0.15) is 25.8 Å². The standard InChI is InChI=1S/C15H26N2O2/c1-15(2,7-8-16)11-17-10-12-5-6-13(18-3)14(9-12)19-4/h5-6,9,17H,7-8,10-11,16H2,1-4H3. The van der Waals surface area contributed by atoms with Crippen LogP contribution in [0.5, 0.6) is 11.5 Å². The average molecular weight is 266 g/mol. The Labute approximate surface area is 116 Å². The fourth-order valence-corrected chi connectivity index (χ4v) is 2.01. The van der Waals surface area contributed by atoms with Crippen molar-refractivity contribution < 1.29 is 9.47 Å². The van der Waals surface area contributed by atoms with Gasteiger partial charge >= 0.3 is 0 Å². The molecule has 1 aromatic rings. The molecule has 4 heteroatoms. The monoisotopic (exact) mass is 266 g/mol. The molecule has 108 valence electrons. The van der Waals surface area contributed by atoms with Crippen molar-refractivity contribution in [2.45, 2.75) is 26.8 Å². The van der Waals surface area contributed by atoms with Gasteiger partial charge in [0.15, 0.2) is 11.5 Å².